The summed E-state index contributed by atoms with van der Waals surface area (Å²) in [6.07, 6.45) is 1.14. The SMILES string of the molecule is CCCOCCC(=O)Nc1ccc(F)c(C#N)c1. The molecule has 5 heteroatoms. The van der Waals surface area contributed by atoms with Gasteiger partial charge in [-0.2, -0.15) is 5.26 Å². The van der Waals surface area contributed by atoms with Crippen LogP contribution in [0.2, 0.25) is 0 Å². The fourth-order valence-corrected chi connectivity index (χ4v) is 1.32. The van der Waals surface area contributed by atoms with Crippen molar-refractivity contribution in [3.63, 3.8) is 0 Å². The highest BCUT2D eigenvalue weighted by Crippen LogP contribution is 2.14. The Morgan fingerprint density at radius 2 is 2.28 bits per heavy atom. The van der Waals surface area contributed by atoms with Gasteiger partial charge in [-0.1, -0.05) is 6.92 Å². The summed E-state index contributed by atoms with van der Waals surface area (Å²) in [6.45, 7) is 2.97. The van der Waals surface area contributed by atoms with Crippen molar-refractivity contribution in [2.45, 2.75) is 19.8 Å². The monoisotopic (exact) mass is 250 g/mol. The number of benzene rings is 1. The molecule has 96 valence electrons. The minimum absolute atomic E-state index is 0.0879. The number of ether oxygens (including phenoxy) is 1. The molecule has 18 heavy (non-hydrogen) atoms. The van der Waals surface area contributed by atoms with Crippen molar-refractivity contribution in [1.82, 2.24) is 0 Å². The average Bonchev–Trinajstić information content (AvgIpc) is 2.37. The molecule has 0 aromatic heterocycles. The van der Waals surface area contributed by atoms with Gasteiger partial charge in [-0.25, -0.2) is 4.39 Å². The number of hydrogen-bond donors (Lipinski definition) is 1. The predicted molar refractivity (Wildman–Crippen MR) is 65.5 cm³/mol. The lowest BCUT2D eigenvalue weighted by Crippen LogP contribution is -2.14. The number of halogens is 1. The average molecular weight is 250 g/mol. The maximum Gasteiger partial charge on any atom is 0.226 e. The first-order chi connectivity index (χ1) is 8.67. The Balaban J connectivity index is 2.47. The lowest BCUT2D eigenvalue weighted by molar-refractivity contribution is -0.117. The molecule has 1 N–H and O–H groups in total. The smallest absolute Gasteiger partial charge is 0.226 e. The van der Waals surface area contributed by atoms with E-state index < -0.39 is 5.82 Å². The Morgan fingerprint density at radius 1 is 1.50 bits per heavy atom. The quantitative estimate of drug-likeness (QED) is 0.789. The molecule has 0 aliphatic rings. The van der Waals surface area contributed by atoms with Gasteiger partial charge in [0.05, 0.1) is 18.6 Å². The number of nitrogens with one attached hydrogen (secondary N) is 1. The number of nitriles is 1. The molecule has 0 bridgehead atoms. The summed E-state index contributed by atoms with van der Waals surface area (Å²) in [7, 11) is 0. The molecular weight excluding hydrogens is 235 g/mol. The van der Waals surface area contributed by atoms with E-state index in [9.17, 15) is 9.18 Å². The van der Waals surface area contributed by atoms with Gasteiger partial charge < -0.3 is 10.1 Å². The minimum atomic E-state index is -0.596. The van der Waals surface area contributed by atoms with Gasteiger partial charge in [-0.05, 0) is 24.6 Å². The summed E-state index contributed by atoms with van der Waals surface area (Å²) < 4.78 is 18.2. The molecule has 0 aliphatic heterocycles. The molecular formula is C13H15FN2O2. The summed E-state index contributed by atoms with van der Waals surface area (Å²) in [5, 5.41) is 11.2. The summed E-state index contributed by atoms with van der Waals surface area (Å²) in [5.41, 5.74) is 0.323. The van der Waals surface area contributed by atoms with Gasteiger partial charge in [-0.3, -0.25) is 4.79 Å². The van der Waals surface area contributed by atoms with Crippen LogP contribution in [0.5, 0.6) is 0 Å². The Kier molecular flexibility index (Phi) is 5.81. The summed E-state index contributed by atoms with van der Waals surface area (Å²) in [5.74, 6) is -0.816. The third-order valence-corrected chi connectivity index (χ3v) is 2.19. The number of rotatable bonds is 6. The van der Waals surface area contributed by atoms with Crippen LogP contribution >= 0.6 is 0 Å². The van der Waals surface area contributed by atoms with Crippen LogP contribution in [0.15, 0.2) is 18.2 Å². The lowest BCUT2D eigenvalue weighted by Gasteiger charge is -2.06. The normalized spacial score (nSPS) is 9.83. The molecule has 0 saturated heterocycles. The van der Waals surface area contributed by atoms with Crippen LogP contribution in [0.1, 0.15) is 25.3 Å². The molecule has 1 aromatic carbocycles. The van der Waals surface area contributed by atoms with Crippen LogP contribution in [0.3, 0.4) is 0 Å². The molecule has 0 heterocycles. The number of amides is 1. The van der Waals surface area contributed by atoms with Crippen molar-refractivity contribution in [3.8, 4) is 6.07 Å². The highest BCUT2D eigenvalue weighted by Gasteiger charge is 2.06. The highest BCUT2D eigenvalue weighted by molar-refractivity contribution is 5.90. The Labute approximate surface area is 105 Å². The van der Waals surface area contributed by atoms with Crippen LogP contribution in [0.25, 0.3) is 0 Å². The first-order valence-corrected chi connectivity index (χ1v) is 5.74. The van der Waals surface area contributed by atoms with E-state index in [4.69, 9.17) is 10.00 Å². The Bertz CT molecular complexity index is 455. The van der Waals surface area contributed by atoms with E-state index >= 15 is 0 Å². The maximum atomic E-state index is 13.0. The number of hydrogen-bond acceptors (Lipinski definition) is 3. The second-order valence-corrected chi connectivity index (χ2v) is 3.72. The van der Waals surface area contributed by atoms with E-state index in [0.717, 1.165) is 12.5 Å². The van der Waals surface area contributed by atoms with Crippen molar-refractivity contribution < 1.29 is 13.9 Å². The van der Waals surface area contributed by atoms with E-state index in [2.05, 4.69) is 5.32 Å². The molecule has 0 radical (unpaired) electrons. The van der Waals surface area contributed by atoms with Crippen molar-refractivity contribution >= 4 is 11.6 Å². The second kappa shape index (κ2) is 7.41. The van der Waals surface area contributed by atoms with Crippen LogP contribution in [-0.2, 0) is 9.53 Å². The van der Waals surface area contributed by atoms with Gasteiger partial charge in [-0.15, -0.1) is 0 Å². The fraction of sp³-hybridized carbons (Fsp3) is 0.385. The molecule has 0 aliphatic carbocycles. The number of anilines is 1. The molecule has 0 unspecified atom stereocenters. The van der Waals surface area contributed by atoms with Crippen LogP contribution in [-0.4, -0.2) is 19.1 Å². The van der Waals surface area contributed by atoms with Gasteiger partial charge in [0.25, 0.3) is 0 Å². The minimum Gasteiger partial charge on any atom is -0.381 e. The highest BCUT2D eigenvalue weighted by atomic mass is 19.1. The lowest BCUT2D eigenvalue weighted by atomic mass is 10.2. The number of nitrogens with zero attached hydrogens (tertiary/aromatic N) is 1. The topological polar surface area (TPSA) is 62.1 Å². The first kappa shape index (κ1) is 14.1. The zero-order valence-electron chi connectivity index (χ0n) is 10.2. The molecule has 1 amide bonds. The van der Waals surface area contributed by atoms with Crippen molar-refractivity contribution in [1.29, 1.82) is 5.26 Å². The van der Waals surface area contributed by atoms with E-state index in [0.29, 0.717) is 18.9 Å². The zero-order chi connectivity index (χ0) is 13.4. The van der Waals surface area contributed by atoms with Crippen LogP contribution in [0.4, 0.5) is 10.1 Å². The largest absolute Gasteiger partial charge is 0.381 e. The number of carbonyl (C=O) groups excluding carboxylic acids is 1. The summed E-state index contributed by atoms with van der Waals surface area (Å²) >= 11 is 0. The maximum absolute atomic E-state index is 13.0. The van der Waals surface area contributed by atoms with E-state index in [1.165, 1.54) is 12.1 Å². The van der Waals surface area contributed by atoms with Gasteiger partial charge in [0.2, 0.25) is 5.91 Å². The van der Waals surface area contributed by atoms with Gasteiger partial charge in [0.15, 0.2) is 0 Å². The summed E-state index contributed by atoms with van der Waals surface area (Å²) in [6, 6.07) is 5.60. The summed E-state index contributed by atoms with van der Waals surface area (Å²) in [4.78, 5) is 11.5. The Hall–Kier alpha value is -1.93. The molecule has 1 rings (SSSR count). The van der Waals surface area contributed by atoms with E-state index in [1.807, 2.05) is 6.92 Å². The van der Waals surface area contributed by atoms with Crippen molar-refractivity contribution in [2.24, 2.45) is 0 Å². The van der Waals surface area contributed by atoms with Crippen molar-refractivity contribution in [2.75, 3.05) is 18.5 Å². The van der Waals surface area contributed by atoms with E-state index in [1.54, 1.807) is 6.07 Å². The van der Waals surface area contributed by atoms with Crippen LogP contribution in [0, 0.1) is 17.1 Å². The van der Waals surface area contributed by atoms with Crippen LogP contribution < -0.4 is 5.32 Å². The molecule has 0 saturated carbocycles. The zero-order valence-corrected chi connectivity index (χ0v) is 10.2. The number of carbonyl (C=O) groups is 1. The molecule has 0 spiro atoms. The third-order valence-electron chi connectivity index (χ3n) is 2.19. The standard InChI is InChI=1S/C13H15FN2O2/c1-2-6-18-7-5-13(17)16-11-3-4-12(14)10(8-11)9-15/h3-4,8H,2,5-7H2,1H3,(H,16,17). The van der Waals surface area contributed by atoms with E-state index in [-0.39, 0.29) is 17.9 Å². The molecule has 1 aromatic rings. The van der Waals surface area contributed by atoms with Gasteiger partial charge >= 0.3 is 0 Å². The molecule has 0 atom stereocenters. The Morgan fingerprint density at radius 3 is 2.94 bits per heavy atom. The fourth-order valence-electron chi connectivity index (χ4n) is 1.32. The molecule has 4 nitrogen and oxygen atoms in total. The second-order valence-electron chi connectivity index (χ2n) is 3.72. The first-order valence-electron chi connectivity index (χ1n) is 5.74. The predicted octanol–water partition coefficient (Wildman–Crippen LogP) is 2.45. The third kappa shape index (κ3) is 4.52. The van der Waals surface area contributed by atoms with Crippen molar-refractivity contribution in [3.05, 3.63) is 29.6 Å². The van der Waals surface area contributed by atoms with Gasteiger partial charge in [0.1, 0.15) is 11.9 Å². The van der Waals surface area contributed by atoms with Gasteiger partial charge in [0, 0.05) is 12.3 Å². The molecule has 0 fully saturated rings.